The highest BCUT2D eigenvalue weighted by Crippen LogP contribution is 2.63. The van der Waals surface area contributed by atoms with E-state index in [1.165, 1.54) is 42.4 Å². The molecule has 9 aromatic carbocycles. The van der Waals surface area contributed by atoms with E-state index in [1.54, 1.807) is 0 Å². The second-order valence-electron chi connectivity index (χ2n) is 15.2. The Kier molecular flexibility index (Phi) is 7.62. The topological polar surface area (TPSA) is 15.7 Å². The number of para-hydroxylation sites is 5. The van der Waals surface area contributed by atoms with Crippen LogP contribution >= 0.6 is 11.3 Å². The van der Waals surface area contributed by atoms with E-state index in [2.05, 4.69) is 228 Å². The van der Waals surface area contributed by atoms with Crippen molar-refractivity contribution in [2.24, 2.45) is 0 Å². The van der Waals surface area contributed by atoms with Crippen molar-refractivity contribution in [1.29, 1.82) is 0 Å². The SMILES string of the molecule is c1ccc(N(c2ccc3c(c2)-c2ccccc2C32c3ccccc3Oc3ccccc32)c2ccc3c(sc4ccccc43)c2N(c2ccccc2)c2ccccc2)cc1. The number of benzene rings is 9. The van der Waals surface area contributed by atoms with Gasteiger partial charge in [-0.05, 0) is 95.1 Å². The Balaban J connectivity index is 1.16. The van der Waals surface area contributed by atoms with E-state index < -0.39 is 5.41 Å². The van der Waals surface area contributed by atoms with E-state index in [9.17, 15) is 0 Å². The van der Waals surface area contributed by atoms with Crippen molar-refractivity contribution in [3.63, 3.8) is 0 Å². The fraction of sp³-hybridized carbons (Fsp3) is 0.0182. The molecule has 59 heavy (non-hydrogen) atoms. The number of hydrogen-bond acceptors (Lipinski definition) is 4. The zero-order valence-corrected chi connectivity index (χ0v) is 32.8. The molecule has 1 aromatic heterocycles. The zero-order valence-electron chi connectivity index (χ0n) is 32.0. The zero-order chi connectivity index (χ0) is 38.9. The lowest BCUT2D eigenvalue weighted by Crippen LogP contribution is -2.32. The first-order valence-electron chi connectivity index (χ1n) is 20.1. The lowest BCUT2D eigenvalue weighted by Gasteiger charge is -2.39. The molecule has 2 aliphatic rings. The van der Waals surface area contributed by atoms with Crippen LogP contribution in [0.4, 0.5) is 34.1 Å². The van der Waals surface area contributed by atoms with E-state index >= 15 is 0 Å². The molecule has 0 unspecified atom stereocenters. The van der Waals surface area contributed by atoms with Gasteiger partial charge in [-0.15, -0.1) is 11.3 Å². The number of hydrogen-bond donors (Lipinski definition) is 0. The molecule has 4 heteroatoms. The quantitative estimate of drug-likeness (QED) is 0.167. The van der Waals surface area contributed by atoms with Gasteiger partial charge in [0.2, 0.25) is 0 Å². The Bertz CT molecular complexity index is 3130. The molecule has 1 spiro atoms. The van der Waals surface area contributed by atoms with E-state index in [-0.39, 0.29) is 0 Å². The molecule has 0 fully saturated rings. The first kappa shape index (κ1) is 33.7. The lowest BCUT2D eigenvalue weighted by atomic mass is 9.66. The highest BCUT2D eigenvalue weighted by molar-refractivity contribution is 7.26. The predicted octanol–water partition coefficient (Wildman–Crippen LogP) is 15.5. The van der Waals surface area contributed by atoms with Gasteiger partial charge in [-0.3, -0.25) is 0 Å². The third-order valence-corrected chi connectivity index (χ3v) is 13.3. The standard InChI is InChI=1S/C55H36N2OS/c1-4-18-37(19-5-1)56(49-35-33-43-42-25-11-17-31-52(42)59-54(43)53(49)57(38-20-6-2-7-21-38)39-22-8-3-9-23-39)40-32-34-46-44(36-40)41-24-10-12-26-45(41)55(46)47-27-13-15-29-50(47)58-51-30-16-14-28-48(51)55/h1-36H. The van der Waals surface area contributed by atoms with Crippen LogP contribution in [0, 0.1) is 0 Å². The Morgan fingerprint density at radius 1 is 0.373 bits per heavy atom. The first-order valence-corrected chi connectivity index (χ1v) is 20.9. The molecular weight excluding hydrogens is 737 g/mol. The molecule has 0 N–H and O–H groups in total. The van der Waals surface area contributed by atoms with Gasteiger partial charge >= 0.3 is 0 Å². The highest BCUT2D eigenvalue weighted by Gasteiger charge is 2.51. The van der Waals surface area contributed by atoms with Crippen molar-refractivity contribution in [3.8, 4) is 22.6 Å². The van der Waals surface area contributed by atoms with Gasteiger partial charge in [-0.25, -0.2) is 0 Å². The summed E-state index contributed by atoms with van der Waals surface area (Å²) in [5.41, 5.74) is 13.4. The van der Waals surface area contributed by atoms with Gasteiger partial charge in [0, 0.05) is 49.3 Å². The van der Waals surface area contributed by atoms with Crippen LogP contribution in [-0.4, -0.2) is 0 Å². The molecule has 0 atom stereocenters. The maximum absolute atomic E-state index is 6.63. The minimum absolute atomic E-state index is 0.536. The summed E-state index contributed by atoms with van der Waals surface area (Å²) in [5.74, 6) is 1.79. The van der Waals surface area contributed by atoms with Crippen molar-refractivity contribution in [2.75, 3.05) is 9.80 Å². The van der Waals surface area contributed by atoms with Crippen molar-refractivity contribution < 1.29 is 4.74 Å². The van der Waals surface area contributed by atoms with Gasteiger partial charge in [-0.2, -0.15) is 0 Å². The minimum atomic E-state index is -0.536. The summed E-state index contributed by atoms with van der Waals surface area (Å²) in [6.07, 6.45) is 0. The molecule has 0 saturated carbocycles. The fourth-order valence-corrected chi connectivity index (χ4v) is 10.9. The summed E-state index contributed by atoms with van der Waals surface area (Å²) in [7, 11) is 0. The third kappa shape index (κ3) is 5.00. The minimum Gasteiger partial charge on any atom is -0.457 e. The smallest absolute Gasteiger partial charge is 0.132 e. The number of anilines is 6. The van der Waals surface area contributed by atoms with Gasteiger partial charge in [0.15, 0.2) is 0 Å². The van der Waals surface area contributed by atoms with Crippen LogP contribution in [0.15, 0.2) is 218 Å². The van der Waals surface area contributed by atoms with Crippen LogP contribution < -0.4 is 14.5 Å². The second-order valence-corrected chi connectivity index (χ2v) is 16.3. The molecule has 0 radical (unpaired) electrons. The van der Waals surface area contributed by atoms with Crippen LogP contribution in [0.2, 0.25) is 0 Å². The van der Waals surface area contributed by atoms with Gasteiger partial charge < -0.3 is 14.5 Å². The number of nitrogens with zero attached hydrogens (tertiary/aromatic N) is 2. The van der Waals surface area contributed by atoms with Gasteiger partial charge in [0.05, 0.1) is 21.5 Å². The Morgan fingerprint density at radius 2 is 0.898 bits per heavy atom. The summed E-state index contributed by atoms with van der Waals surface area (Å²) < 4.78 is 9.13. The highest BCUT2D eigenvalue weighted by atomic mass is 32.1. The van der Waals surface area contributed by atoms with Crippen LogP contribution in [0.25, 0.3) is 31.3 Å². The summed E-state index contributed by atoms with van der Waals surface area (Å²) in [5, 5.41) is 2.51. The molecule has 3 nitrogen and oxygen atoms in total. The summed E-state index contributed by atoms with van der Waals surface area (Å²) >= 11 is 1.86. The largest absolute Gasteiger partial charge is 0.457 e. The first-order chi connectivity index (χ1) is 29.3. The fourth-order valence-electron chi connectivity index (χ4n) is 9.71. The monoisotopic (exact) mass is 772 g/mol. The van der Waals surface area contributed by atoms with Crippen molar-refractivity contribution in [3.05, 3.63) is 241 Å². The van der Waals surface area contributed by atoms with E-state index in [4.69, 9.17) is 4.74 Å². The van der Waals surface area contributed by atoms with Crippen molar-refractivity contribution in [1.82, 2.24) is 0 Å². The number of thiophene rings is 1. The molecule has 1 aliphatic heterocycles. The molecule has 0 saturated heterocycles. The van der Waals surface area contributed by atoms with Gasteiger partial charge in [0.1, 0.15) is 11.5 Å². The van der Waals surface area contributed by atoms with E-state index in [0.29, 0.717) is 0 Å². The normalized spacial score (nSPS) is 13.0. The second kappa shape index (κ2) is 13.3. The van der Waals surface area contributed by atoms with E-state index in [1.807, 2.05) is 11.3 Å². The Labute approximate surface area is 347 Å². The van der Waals surface area contributed by atoms with Gasteiger partial charge in [-0.1, -0.05) is 146 Å². The van der Waals surface area contributed by atoms with Crippen molar-refractivity contribution in [2.45, 2.75) is 5.41 Å². The summed E-state index contributed by atoms with van der Waals surface area (Å²) in [4.78, 5) is 4.90. The van der Waals surface area contributed by atoms with E-state index in [0.717, 1.165) is 56.8 Å². The van der Waals surface area contributed by atoms with Crippen molar-refractivity contribution >= 4 is 65.6 Å². The van der Waals surface area contributed by atoms with Crippen LogP contribution in [-0.2, 0) is 5.41 Å². The Morgan fingerprint density at radius 3 is 1.56 bits per heavy atom. The average molecular weight is 773 g/mol. The molecule has 1 aliphatic carbocycles. The van der Waals surface area contributed by atoms with Crippen LogP contribution in [0.1, 0.15) is 22.3 Å². The molecular formula is C55H36N2OS. The molecule has 2 heterocycles. The number of fused-ring (bicyclic) bond motifs is 12. The maximum atomic E-state index is 6.63. The van der Waals surface area contributed by atoms with Crippen LogP contribution in [0.5, 0.6) is 11.5 Å². The number of rotatable bonds is 6. The van der Waals surface area contributed by atoms with Gasteiger partial charge in [0.25, 0.3) is 0 Å². The molecule has 12 rings (SSSR count). The Hall–Kier alpha value is -7.40. The van der Waals surface area contributed by atoms with Crippen LogP contribution in [0.3, 0.4) is 0 Å². The molecule has 278 valence electrons. The predicted molar refractivity (Wildman–Crippen MR) is 246 cm³/mol. The molecule has 0 bridgehead atoms. The molecule has 0 amide bonds. The molecule has 10 aromatic rings. The third-order valence-electron chi connectivity index (χ3n) is 12.1. The lowest BCUT2D eigenvalue weighted by molar-refractivity contribution is 0.436. The summed E-state index contributed by atoms with van der Waals surface area (Å²) in [6, 6.07) is 79.0. The number of ether oxygens (including phenoxy) is 1. The summed E-state index contributed by atoms with van der Waals surface area (Å²) in [6.45, 7) is 0. The average Bonchev–Trinajstić information content (AvgIpc) is 3.82. The maximum Gasteiger partial charge on any atom is 0.132 e.